The molecule has 0 bridgehead atoms. The average Bonchev–Trinajstić information content (AvgIpc) is 3.19. The van der Waals surface area contributed by atoms with E-state index in [4.69, 9.17) is 9.47 Å². The van der Waals surface area contributed by atoms with Gasteiger partial charge < -0.3 is 9.47 Å². The van der Waals surface area contributed by atoms with E-state index in [1.807, 2.05) is 0 Å². The predicted molar refractivity (Wildman–Crippen MR) is 78.6 cm³/mol. The average molecular weight is 333 g/mol. The topological polar surface area (TPSA) is 165 Å². The number of hydrogen-bond acceptors (Lipinski definition) is 11. The summed E-state index contributed by atoms with van der Waals surface area (Å²) in [5, 5.41) is 31.8. The molecule has 0 atom stereocenters. The fourth-order valence-corrected chi connectivity index (χ4v) is 1.66. The minimum Gasteiger partial charge on any atom is -0.460 e. The summed E-state index contributed by atoms with van der Waals surface area (Å²) in [6.45, 7) is 2.61. The molecule has 0 unspecified atom stereocenters. The van der Waals surface area contributed by atoms with Crippen molar-refractivity contribution in [3.8, 4) is 6.01 Å². The standard InChI is InChI=1S/C11H15N11O2/c1-6-12-9(19-15-6)14-10-20-17-8(18-21-10)5-7-13-11(22-16-7)24-4-3-23-2/h3-5H2,1-2H3,(H,13,16,22)(H2,12,14,15,19,20,21). The van der Waals surface area contributed by atoms with Crippen molar-refractivity contribution in [3.05, 3.63) is 17.5 Å². The minimum atomic E-state index is 0.193. The van der Waals surface area contributed by atoms with Gasteiger partial charge in [0.1, 0.15) is 18.3 Å². The molecule has 0 aliphatic carbocycles. The Labute approximate surface area is 135 Å². The molecule has 126 valence electrons. The van der Waals surface area contributed by atoms with Crippen LogP contribution < -0.4 is 10.1 Å². The van der Waals surface area contributed by atoms with Gasteiger partial charge in [-0.15, -0.1) is 30.6 Å². The van der Waals surface area contributed by atoms with Gasteiger partial charge in [-0.3, -0.25) is 15.5 Å². The molecule has 0 saturated heterocycles. The number of ether oxygens (including phenoxy) is 2. The summed E-state index contributed by atoms with van der Waals surface area (Å²) < 4.78 is 10.2. The number of rotatable bonds is 8. The van der Waals surface area contributed by atoms with Crippen LogP contribution in [-0.2, 0) is 11.2 Å². The second kappa shape index (κ2) is 7.36. The third-order valence-electron chi connectivity index (χ3n) is 2.70. The van der Waals surface area contributed by atoms with Crippen LogP contribution in [-0.4, -0.2) is 71.1 Å². The van der Waals surface area contributed by atoms with Crippen LogP contribution in [0.25, 0.3) is 0 Å². The van der Waals surface area contributed by atoms with Gasteiger partial charge in [0, 0.05) is 7.11 Å². The predicted octanol–water partition coefficient (Wildman–Crippen LogP) is -0.829. The highest BCUT2D eigenvalue weighted by atomic mass is 16.5. The van der Waals surface area contributed by atoms with Crippen LogP contribution in [0.4, 0.5) is 11.9 Å². The van der Waals surface area contributed by atoms with Crippen molar-refractivity contribution < 1.29 is 9.47 Å². The maximum Gasteiger partial charge on any atom is 0.335 e. The van der Waals surface area contributed by atoms with E-state index in [2.05, 4.69) is 56.1 Å². The number of aryl methyl sites for hydroxylation is 1. The highest BCUT2D eigenvalue weighted by molar-refractivity contribution is 5.39. The molecule has 0 saturated carbocycles. The lowest BCUT2D eigenvalue weighted by Gasteiger charge is -1.99. The summed E-state index contributed by atoms with van der Waals surface area (Å²) in [6, 6.07) is 0.237. The van der Waals surface area contributed by atoms with E-state index >= 15 is 0 Å². The van der Waals surface area contributed by atoms with Crippen LogP contribution in [0.3, 0.4) is 0 Å². The molecule has 0 aliphatic rings. The third kappa shape index (κ3) is 4.16. The van der Waals surface area contributed by atoms with E-state index in [1.54, 1.807) is 14.0 Å². The zero-order valence-corrected chi connectivity index (χ0v) is 13.0. The summed E-state index contributed by atoms with van der Waals surface area (Å²) in [6.07, 6.45) is 0.292. The molecular formula is C11H15N11O2. The molecule has 3 aromatic rings. The van der Waals surface area contributed by atoms with Gasteiger partial charge in [0.15, 0.2) is 5.82 Å². The van der Waals surface area contributed by atoms with Gasteiger partial charge in [-0.25, -0.2) is 0 Å². The summed E-state index contributed by atoms with van der Waals surface area (Å²) in [5.74, 6) is 2.13. The van der Waals surface area contributed by atoms with Crippen LogP contribution in [0.15, 0.2) is 0 Å². The Morgan fingerprint density at radius 1 is 0.958 bits per heavy atom. The van der Waals surface area contributed by atoms with E-state index in [0.717, 1.165) is 0 Å². The molecular weight excluding hydrogens is 318 g/mol. The fraction of sp³-hybridized carbons (Fsp3) is 0.455. The Morgan fingerprint density at radius 3 is 2.50 bits per heavy atom. The minimum absolute atomic E-state index is 0.193. The molecule has 13 nitrogen and oxygen atoms in total. The zero-order valence-electron chi connectivity index (χ0n) is 13.0. The van der Waals surface area contributed by atoms with Crippen molar-refractivity contribution in [1.29, 1.82) is 0 Å². The molecule has 3 rings (SSSR count). The van der Waals surface area contributed by atoms with Gasteiger partial charge in [-0.05, 0) is 6.92 Å². The number of aromatic nitrogens is 10. The number of aromatic amines is 2. The molecule has 3 N–H and O–H groups in total. The second-order valence-corrected chi connectivity index (χ2v) is 4.59. The van der Waals surface area contributed by atoms with Crippen molar-refractivity contribution in [3.63, 3.8) is 0 Å². The number of methoxy groups -OCH3 is 1. The van der Waals surface area contributed by atoms with E-state index in [-0.39, 0.29) is 12.0 Å². The fourth-order valence-electron chi connectivity index (χ4n) is 1.66. The summed E-state index contributed by atoms with van der Waals surface area (Å²) in [7, 11) is 1.59. The van der Waals surface area contributed by atoms with Gasteiger partial charge in [0.25, 0.3) is 5.95 Å². The number of nitrogens with one attached hydrogen (secondary N) is 3. The van der Waals surface area contributed by atoms with Crippen LogP contribution >= 0.6 is 0 Å². The SMILES string of the molecule is COCCOc1n[nH]c(Cc2nnc(Nc3n[nH]c(C)n3)nn2)n1. The second-order valence-electron chi connectivity index (χ2n) is 4.59. The molecule has 0 radical (unpaired) electrons. The summed E-state index contributed by atoms with van der Waals surface area (Å²) >= 11 is 0. The normalized spacial score (nSPS) is 10.8. The molecule has 0 spiro atoms. The largest absolute Gasteiger partial charge is 0.460 e. The Morgan fingerprint density at radius 2 is 1.79 bits per heavy atom. The van der Waals surface area contributed by atoms with E-state index < -0.39 is 0 Å². The Balaban J connectivity index is 1.56. The molecule has 0 aliphatic heterocycles. The molecule has 0 aromatic carbocycles. The van der Waals surface area contributed by atoms with Gasteiger partial charge in [-0.2, -0.15) is 9.97 Å². The molecule has 24 heavy (non-hydrogen) atoms. The first kappa shape index (κ1) is 15.7. The van der Waals surface area contributed by atoms with Crippen molar-refractivity contribution in [2.75, 3.05) is 25.6 Å². The Bertz CT molecular complexity index is 768. The lowest BCUT2D eigenvalue weighted by atomic mass is 10.4. The maximum atomic E-state index is 5.27. The van der Waals surface area contributed by atoms with Crippen LogP contribution in [0.5, 0.6) is 6.01 Å². The van der Waals surface area contributed by atoms with Crippen LogP contribution in [0.1, 0.15) is 17.5 Å². The summed E-state index contributed by atoms with van der Waals surface area (Å²) in [4.78, 5) is 8.22. The number of hydrogen-bond donors (Lipinski definition) is 3. The highest BCUT2D eigenvalue weighted by Gasteiger charge is 2.09. The van der Waals surface area contributed by atoms with E-state index in [1.165, 1.54) is 0 Å². The van der Waals surface area contributed by atoms with Crippen LogP contribution in [0.2, 0.25) is 0 Å². The number of H-pyrrole nitrogens is 2. The zero-order chi connectivity index (χ0) is 16.8. The quantitative estimate of drug-likeness (QED) is 0.440. The molecule has 0 amide bonds. The monoisotopic (exact) mass is 333 g/mol. The first-order valence-corrected chi connectivity index (χ1v) is 6.98. The third-order valence-corrected chi connectivity index (χ3v) is 2.70. The lowest BCUT2D eigenvalue weighted by molar-refractivity contribution is 0.141. The Hall–Kier alpha value is -3.22. The van der Waals surface area contributed by atoms with E-state index in [0.29, 0.717) is 43.1 Å². The number of anilines is 2. The molecule has 0 fully saturated rings. The maximum absolute atomic E-state index is 5.27. The highest BCUT2D eigenvalue weighted by Crippen LogP contribution is 2.06. The molecule has 3 heterocycles. The van der Waals surface area contributed by atoms with Crippen molar-refractivity contribution in [2.45, 2.75) is 13.3 Å². The molecule has 13 heteroatoms. The van der Waals surface area contributed by atoms with Gasteiger partial charge in [-0.1, -0.05) is 0 Å². The molecule has 3 aromatic heterocycles. The summed E-state index contributed by atoms with van der Waals surface area (Å²) in [5.41, 5.74) is 0. The van der Waals surface area contributed by atoms with Gasteiger partial charge >= 0.3 is 6.01 Å². The van der Waals surface area contributed by atoms with E-state index in [9.17, 15) is 0 Å². The van der Waals surface area contributed by atoms with Gasteiger partial charge in [0.05, 0.1) is 13.0 Å². The van der Waals surface area contributed by atoms with Crippen molar-refractivity contribution in [2.24, 2.45) is 0 Å². The van der Waals surface area contributed by atoms with Gasteiger partial charge in [0.2, 0.25) is 5.95 Å². The smallest absolute Gasteiger partial charge is 0.335 e. The first-order chi connectivity index (χ1) is 11.7. The van der Waals surface area contributed by atoms with Crippen molar-refractivity contribution in [1.82, 2.24) is 50.8 Å². The Kier molecular flexibility index (Phi) is 4.81. The first-order valence-electron chi connectivity index (χ1n) is 6.98. The number of nitrogens with zero attached hydrogens (tertiary/aromatic N) is 8. The van der Waals surface area contributed by atoms with Crippen molar-refractivity contribution >= 4 is 11.9 Å². The van der Waals surface area contributed by atoms with Crippen LogP contribution in [0, 0.1) is 6.92 Å². The lowest BCUT2D eigenvalue weighted by Crippen LogP contribution is -2.07.